The van der Waals surface area contributed by atoms with Gasteiger partial charge in [0.05, 0.1) is 17.3 Å². The van der Waals surface area contributed by atoms with Gasteiger partial charge in [0.25, 0.3) is 0 Å². The Morgan fingerprint density at radius 2 is 2.10 bits per heavy atom. The minimum Gasteiger partial charge on any atom is -0.364 e. The van der Waals surface area contributed by atoms with Crippen LogP contribution in [0.3, 0.4) is 0 Å². The van der Waals surface area contributed by atoms with E-state index in [-0.39, 0.29) is 5.91 Å². The van der Waals surface area contributed by atoms with Crippen molar-refractivity contribution in [2.75, 3.05) is 31.6 Å². The molecule has 5 heteroatoms. The average molecular weight is 298 g/mol. The van der Waals surface area contributed by atoms with E-state index in [9.17, 15) is 4.79 Å². The number of amides is 1. The first kappa shape index (κ1) is 16.8. The van der Waals surface area contributed by atoms with Crippen molar-refractivity contribution < 1.29 is 4.79 Å². The summed E-state index contributed by atoms with van der Waals surface area (Å²) in [4.78, 5) is 13.6. The standard InChI is InChI=1S/C15H24ClN3O/c1-4-8-18-15(20)11-19(3)14-7-6-12(9-13(14)16)10-17-5-2/h6-7,9,17H,4-5,8,10-11H2,1-3H3,(H,18,20). The van der Waals surface area contributed by atoms with Gasteiger partial charge in [-0.1, -0.05) is 31.5 Å². The monoisotopic (exact) mass is 297 g/mol. The highest BCUT2D eigenvalue weighted by Gasteiger charge is 2.10. The number of benzene rings is 1. The molecule has 0 aliphatic carbocycles. The molecule has 20 heavy (non-hydrogen) atoms. The van der Waals surface area contributed by atoms with Crippen LogP contribution in [0.1, 0.15) is 25.8 Å². The summed E-state index contributed by atoms with van der Waals surface area (Å²) in [7, 11) is 1.87. The van der Waals surface area contributed by atoms with Gasteiger partial charge in [-0.3, -0.25) is 4.79 Å². The highest BCUT2D eigenvalue weighted by atomic mass is 35.5. The number of nitrogens with zero attached hydrogens (tertiary/aromatic N) is 1. The van der Waals surface area contributed by atoms with Crippen molar-refractivity contribution in [3.05, 3.63) is 28.8 Å². The number of hydrogen-bond acceptors (Lipinski definition) is 3. The molecule has 112 valence electrons. The molecule has 0 aliphatic rings. The minimum absolute atomic E-state index is 0.0159. The van der Waals surface area contributed by atoms with Crippen LogP contribution in [0.2, 0.25) is 5.02 Å². The second-order valence-corrected chi connectivity index (χ2v) is 5.18. The van der Waals surface area contributed by atoms with Gasteiger partial charge in [-0.25, -0.2) is 0 Å². The minimum atomic E-state index is 0.0159. The zero-order valence-corrected chi connectivity index (χ0v) is 13.3. The van der Waals surface area contributed by atoms with E-state index in [2.05, 4.69) is 17.6 Å². The number of carbonyl (C=O) groups is 1. The maximum Gasteiger partial charge on any atom is 0.239 e. The summed E-state index contributed by atoms with van der Waals surface area (Å²) in [5.41, 5.74) is 2.02. The molecule has 1 aromatic rings. The zero-order valence-electron chi connectivity index (χ0n) is 12.5. The second kappa shape index (κ2) is 8.82. The SMILES string of the molecule is CCCNC(=O)CN(C)c1ccc(CNCC)cc1Cl. The van der Waals surface area contributed by atoms with Crippen molar-refractivity contribution in [3.8, 4) is 0 Å². The van der Waals surface area contributed by atoms with E-state index in [1.54, 1.807) is 0 Å². The Hall–Kier alpha value is -1.26. The first-order chi connectivity index (χ1) is 9.58. The molecule has 1 rings (SSSR count). The van der Waals surface area contributed by atoms with Gasteiger partial charge in [0, 0.05) is 20.1 Å². The molecule has 1 amide bonds. The predicted molar refractivity (Wildman–Crippen MR) is 85.4 cm³/mol. The Morgan fingerprint density at radius 1 is 1.35 bits per heavy atom. The van der Waals surface area contributed by atoms with Crippen LogP contribution in [0.5, 0.6) is 0 Å². The Kier molecular flexibility index (Phi) is 7.41. The van der Waals surface area contributed by atoms with Gasteiger partial charge in [-0.15, -0.1) is 0 Å². The van der Waals surface area contributed by atoms with Crippen molar-refractivity contribution >= 4 is 23.2 Å². The van der Waals surface area contributed by atoms with Crippen molar-refractivity contribution in [3.63, 3.8) is 0 Å². The van der Waals surface area contributed by atoms with Gasteiger partial charge in [0.2, 0.25) is 5.91 Å². The number of hydrogen-bond donors (Lipinski definition) is 2. The Morgan fingerprint density at radius 3 is 2.70 bits per heavy atom. The molecule has 0 heterocycles. The van der Waals surface area contributed by atoms with E-state index < -0.39 is 0 Å². The van der Waals surface area contributed by atoms with E-state index >= 15 is 0 Å². The van der Waals surface area contributed by atoms with Crippen molar-refractivity contribution in [1.29, 1.82) is 0 Å². The third-order valence-electron chi connectivity index (χ3n) is 2.96. The lowest BCUT2D eigenvalue weighted by Gasteiger charge is -2.20. The Balaban J connectivity index is 2.63. The van der Waals surface area contributed by atoms with Crippen LogP contribution >= 0.6 is 11.6 Å². The lowest BCUT2D eigenvalue weighted by molar-refractivity contribution is -0.119. The Bertz CT molecular complexity index is 437. The zero-order chi connectivity index (χ0) is 15.0. The fourth-order valence-corrected chi connectivity index (χ4v) is 2.21. The maximum atomic E-state index is 11.7. The van der Waals surface area contributed by atoms with Crippen molar-refractivity contribution in [2.45, 2.75) is 26.8 Å². The van der Waals surface area contributed by atoms with Gasteiger partial charge in [-0.05, 0) is 30.7 Å². The highest BCUT2D eigenvalue weighted by molar-refractivity contribution is 6.33. The number of nitrogens with one attached hydrogen (secondary N) is 2. The number of halogens is 1. The molecular weight excluding hydrogens is 274 g/mol. The van der Waals surface area contributed by atoms with E-state index in [4.69, 9.17) is 11.6 Å². The van der Waals surface area contributed by atoms with Crippen LogP contribution < -0.4 is 15.5 Å². The molecule has 0 saturated heterocycles. The number of rotatable bonds is 8. The van der Waals surface area contributed by atoms with Crippen molar-refractivity contribution in [1.82, 2.24) is 10.6 Å². The Labute approximate surface area is 126 Å². The molecular formula is C15H24ClN3O. The number of anilines is 1. The molecule has 0 aliphatic heterocycles. The topological polar surface area (TPSA) is 44.4 Å². The molecule has 0 aromatic heterocycles. The third-order valence-corrected chi connectivity index (χ3v) is 3.26. The van der Waals surface area contributed by atoms with Crippen LogP contribution in [0.25, 0.3) is 0 Å². The molecule has 1 aromatic carbocycles. The maximum absolute atomic E-state index is 11.7. The van der Waals surface area contributed by atoms with Crippen LogP contribution in [-0.4, -0.2) is 32.6 Å². The van der Waals surface area contributed by atoms with Gasteiger partial charge in [0.15, 0.2) is 0 Å². The summed E-state index contributed by atoms with van der Waals surface area (Å²) in [5.74, 6) is 0.0159. The molecule has 4 nitrogen and oxygen atoms in total. The van der Waals surface area contributed by atoms with Gasteiger partial charge in [-0.2, -0.15) is 0 Å². The van der Waals surface area contributed by atoms with Crippen LogP contribution in [0.4, 0.5) is 5.69 Å². The summed E-state index contributed by atoms with van der Waals surface area (Å²) in [6.07, 6.45) is 0.940. The lowest BCUT2D eigenvalue weighted by atomic mass is 10.2. The van der Waals surface area contributed by atoms with E-state index in [0.717, 1.165) is 30.8 Å². The second-order valence-electron chi connectivity index (χ2n) is 4.77. The fourth-order valence-electron chi connectivity index (χ4n) is 1.86. The quantitative estimate of drug-likeness (QED) is 0.774. The molecule has 0 radical (unpaired) electrons. The predicted octanol–water partition coefficient (Wildman–Crippen LogP) is 2.41. The van der Waals surface area contributed by atoms with Gasteiger partial charge < -0.3 is 15.5 Å². The first-order valence-electron chi connectivity index (χ1n) is 7.05. The number of carbonyl (C=O) groups excluding carboxylic acids is 1. The smallest absolute Gasteiger partial charge is 0.239 e. The molecule has 0 unspecified atom stereocenters. The molecule has 2 N–H and O–H groups in total. The molecule has 0 spiro atoms. The van der Waals surface area contributed by atoms with E-state index in [1.165, 1.54) is 0 Å². The summed E-state index contributed by atoms with van der Waals surface area (Å²) in [6, 6.07) is 5.94. The van der Waals surface area contributed by atoms with Crippen LogP contribution in [0, 0.1) is 0 Å². The number of likely N-dealkylation sites (N-methyl/N-ethyl adjacent to an activating group) is 1. The fraction of sp³-hybridized carbons (Fsp3) is 0.533. The summed E-state index contributed by atoms with van der Waals surface area (Å²) in [6.45, 7) is 6.85. The van der Waals surface area contributed by atoms with E-state index in [1.807, 2.05) is 37.1 Å². The largest absolute Gasteiger partial charge is 0.364 e. The van der Waals surface area contributed by atoms with Crippen molar-refractivity contribution in [2.24, 2.45) is 0 Å². The first-order valence-corrected chi connectivity index (χ1v) is 7.43. The van der Waals surface area contributed by atoms with Crippen LogP contribution in [-0.2, 0) is 11.3 Å². The van der Waals surface area contributed by atoms with Gasteiger partial charge >= 0.3 is 0 Å². The lowest BCUT2D eigenvalue weighted by Crippen LogP contribution is -2.35. The summed E-state index contributed by atoms with van der Waals surface area (Å²) >= 11 is 6.29. The van der Waals surface area contributed by atoms with Gasteiger partial charge in [0.1, 0.15) is 0 Å². The molecule has 0 fully saturated rings. The summed E-state index contributed by atoms with van der Waals surface area (Å²) < 4.78 is 0. The average Bonchev–Trinajstić information content (AvgIpc) is 2.42. The molecule has 0 atom stereocenters. The molecule has 0 bridgehead atoms. The van der Waals surface area contributed by atoms with Crippen LogP contribution in [0.15, 0.2) is 18.2 Å². The highest BCUT2D eigenvalue weighted by Crippen LogP contribution is 2.25. The third kappa shape index (κ3) is 5.39. The normalized spacial score (nSPS) is 10.4. The molecule has 0 saturated carbocycles. The summed E-state index contributed by atoms with van der Waals surface area (Å²) in [5, 5.41) is 6.79. The van der Waals surface area contributed by atoms with E-state index in [0.29, 0.717) is 18.1 Å².